The highest BCUT2D eigenvalue weighted by atomic mass is 16.6. The van der Waals surface area contributed by atoms with Crippen LogP contribution >= 0.6 is 0 Å². The molecule has 0 aromatic heterocycles. The molecule has 4 N–H and O–H groups in total. The smallest absolute Gasteiger partial charge is 0.329 e. The molecule has 1 atom stereocenters. The summed E-state index contributed by atoms with van der Waals surface area (Å²) in [5.41, 5.74) is 3.49. The molecule has 1 unspecified atom stereocenters. The zero-order chi connectivity index (χ0) is 15.8. The third-order valence-electron chi connectivity index (χ3n) is 3.71. The van der Waals surface area contributed by atoms with E-state index in [0.29, 0.717) is 0 Å². The van der Waals surface area contributed by atoms with Gasteiger partial charge >= 0.3 is 5.97 Å². The van der Waals surface area contributed by atoms with E-state index >= 15 is 0 Å². The van der Waals surface area contributed by atoms with Crippen LogP contribution in [-0.2, 0) is 4.79 Å². The van der Waals surface area contributed by atoms with E-state index in [0.717, 1.165) is 18.9 Å². The van der Waals surface area contributed by atoms with Crippen LogP contribution in [0.5, 0.6) is 0 Å². The Bertz CT molecular complexity index is 626. The predicted molar refractivity (Wildman–Crippen MR) is 74.0 cm³/mol. The highest BCUT2D eigenvalue weighted by Gasteiger charge is 2.48. The van der Waals surface area contributed by atoms with Crippen molar-refractivity contribution in [2.75, 3.05) is 5.32 Å². The molecule has 0 heterocycles. The molecule has 1 aromatic rings. The fourth-order valence-electron chi connectivity index (χ4n) is 2.21. The highest BCUT2D eigenvalue weighted by Crippen LogP contribution is 2.42. The van der Waals surface area contributed by atoms with Crippen LogP contribution in [0.1, 0.15) is 30.1 Å². The molecule has 1 aliphatic rings. The van der Waals surface area contributed by atoms with Gasteiger partial charge in [0.25, 0.3) is 5.69 Å². The molecular formula is C13H15N3O5. The van der Waals surface area contributed by atoms with Crippen LogP contribution in [0, 0.1) is 16.0 Å². The second kappa shape index (κ2) is 5.04. The number of carboxylic acids is 1. The standard InChI is InChI=1S/C13H15N3O5/c1-13(12(18)19,8-3-4-8)15-9-5-2-7(11(14)17)6-10(9)16(20)21/h2,5-6,8,15H,3-4H2,1H3,(H2,14,17)(H,18,19). The van der Waals surface area contributed by atoms with Crippen LogP contribution in [0.2, 0.25) is 0 Å². The average Bonchev–Trinajstić information content (AvgIpc) is 3.22. The van der Waals surface area contributed by atoms with Crippen LogP contribution in [0.15, 0.2) is 18.2 Å². The van der Waals surface area contributed by atoms with Gasteiger partial charge in [0, 0.05) is 11.6 Å². The number of primary amides is 1. The van der Waals surface area contributed by atoms with Crippen LogP contribution in [0.25, 0.3) is 0 Å². The Morgan fingerprint density at radius 1 is 1.48 bits per heavy atom. The van der Waals surface area contributed by atoms with Crippen molar-refractivity contribution in [3.63, 3.8) is 0 Å². The van der Waals surface area contributed by atoms with Gasteiger partial charge in [-0.25, -0.2) is 4.79 Å². The second-order valence-corrected chi connectivity index (χ2v) is 5.26. The molecule has 0 saturated heterocycles. The van der Waals surface area contributed by atoms with Crippen molar-refractivity contribution in [3.8, 4) is 0 Å². The number of nitrogens with two attached hydrogens (primary N) is 1. The Morgan fingerprint density at radius 2 is 2.10 bits per heavy atom. The number of hydrogen-bond donors (Lipinski definition) is 3. The largest absolute Gasteiger partial charge is 0.480 e. The number of benzene rings is 1. The molecule has 21 heavy (non-hydrogen) atoms. The number of carbonyl (C=O) groups is 2. The maximum atomic E-state index is 11.5. The number of amides is 1. The molecule has 0 radical (unpaired) electrons. The minimum atomic E-state index is -1.28. The van der Waals surface area contributed by atoms with Crippen molar-refractivity contribution < 1.29 is 19.6 Å². The van der Waals surface area contributed by atoms with E-state index < -0.39 is 22.3 Å². The Kier molecular flexibility index (Phi) is 3.54. The van der Waals surface area contributed by atoms with Gasteiger partial charge in [0.15, 0.2) is 0 Å². The maximum Gasteiger partial charge on any atom is 0.329 e. The van der Waals surface area contributed by atoms with Gasteiger partial charge in [0.2, 0.25) is 5.91 Å². The average molecular weight is 293 g/mol. The van der Waals surface area contributed by atoms with E-state index in [1.54, 1.807) is 0 Å². The lowest BCUT2D eigenvalue weighted by atomic mass is 9.95. The number of nitrogens with zero attached hydrogens (tertiary/aromatic N) is 1. The molecule has 0 spiro atoms. The third-order valence-corrected chi connectivity index (χ3v) is 3.71. The predicted octanol–water partition coefficient (Wildman–Crippen LogP) is 1.36. The number of nitro benzene ring substituents is 1. The fourth-order valence-corrected chi connectivity index (χ4v) is 2.21. The summed E-state index contributed by atoms with van der Waals surface area (Å²) < 4.78 is 0. The van der Waals surface area contributed by atoms with Gasteiger partial charge in [-0.2, -0.15) is 0 Å². The molecular weight excluding hydrogens is 278 g/mol. The summed E-state index contributed by atoms with van der Waals surface area (Å²) in [5.74, 6) is -1.93. The highest BCUT2D eigenvalue weighted by molar-refractivity contribution is 5.94. The van der Waals surface area contributed by atoms with Crippen molar-refractivity contribution in [3.05, 3.63) is 33.9 Å². The van der Waals surface area contributed by atoms with Gasteiger partial charge in [0.05, 0.1) is 4.92 Å². The van der Waals surface area contributed by atoms with Crippen molar-refractivity contribution in [2.45, 2.75) is 25.3 Å². The number of carbonyl (C=O) groups excluding carboxylic acids is 1. The molecule has 0 bridgehead atoms. The van der Waals surface area contributed by atoms with Crippen molar-refractivity contribution in [1.82, 2.24) is 0 Å². The number of rotatable bonds is 6. The first kappa shape index (κ1) is 14.8. The number of aliphatic carboxylic acids is 1. The summed E-state index contributed by atoms with van der Waals surface area (Å²) in [7, 11) is 0. The Morgan fingerprint density at radius 3 is 2.52 bits per heavy atom. The lowest BCUT2D eigenvalue weighted by Gasteiger charge is -2.27. The van der Waals surface area contributed by atoms with Gasteiger partial charge in [-0.15, -0.1) is 0 Å². The quantitative estimate of drug-likeness (QED) is 0.535. The fraction of sp³-hybridized carbons (Fsp3) is 0.385. The van der Waals surface area contributed by atoms with Crippen molar-refractivity contribution in [2.24, 2.45) is 11.7 Å². The number of nitrogens with one attached hydrogen (secondary N) is 1. The topological polar surface area (TPSA) is 136 Å². The van der Waals surface area contributed by atoms with E-state index in [2.05, 4.69) is 5.32 Å². The number of carboxylic acid groups (broad SMARTS) is 1. The maximum absolute atomic E-state index is 11.5. The van der Waals surface area contributed by atoms with Gasteiger partial charge in [-0.05, 0) is 37.8 Å². The third kappa shape index (κ3) is 2.78. The summed E-state index contributed by atoms with van der Waals surface area (Å²) in [6.45, 7) is 1.50. The minimum absolute atomic E-state index is 0.00398. The van der Waals surface area contributed by atoms with Gasteiger partial charge < -0.3 is 16.2 Å². The van der Waals surface area contributed by atoms with Crippen molar-refractivity contribution in [1.29, 1.82) is 0 Å². The molecule has 1 saturated carbocycles. The number of hydrogen-bond acceptors (Lipinski definition) is 5. The molecule has 1 aliphatic carbocycles. The summed E-state index contributed by atoms with van der Waals surface area (Å²) in [4.78, 5) is 33.0. The first-order valence-electron chi connectivity index (χ1n) is 6.35. The Labute approximate surface area is 120 Å². The van der Waals surface area contributed by atoms with Crippen LogP contribution < -0.4 is 11.1 Å². The molecule has 8 nitrogen and oxygen atoms in total. The van der Waals surface area contributed by atoms with E-state index in [1.807, 2.05) is 0 Å². The molecule has 112 valence electrons. The van der Waals surface area contributed by atoms with E-state index in [-0.39, 0.29) is 22.9 Å². The summed E-state index contributed by atoms with van der Waals surface area (Å²) in [6.07, 6.45) is 1.51. The van der Waals surface area contributed by atoms with E-state index in [9.17, 15) is 24.8 Å². The normalized spacial score (nSPS) is 16.8. The SMILES string of the molecule is CC(Nc1ccc(C(N)=O)cc1[N+](=O)[O-])(C(=O)O)C1CC1. The Hall–Kier alpha value is -2.64. The lowest BCUT2D eigenvalue weighted by Crippen LogP contribution is -2.45. The Balaban J connectivity index is 2.41. The van der Waals surface area contributed by atoms with E-state index in [4.69, 9.17) is 5.73 Å². The first-order valence-corrected chi connectivity index (χ1v) is 6.35. The molecule has 8 heteroatoms. The van der Waals surface area contributed by atoms with Gasteiger partial charge in [-0.1, -0.05) is 0 Å². The summed E-state index contributed by atoms with van der Waals surface area (Å²) >= 11 is 0. The van der Waals surface area contributed by atoms with Gasteiger partial charge in [-0.3, -0.25) is 14.9 Å². The number of nitro groups is 1. The van der Waals surface area contributed by atoms with Crippen molar-refractivity contribution >= 4 is 23.3 Å². The van der Waals surface area contributed by atoms with Crippen LogP contribution in [-0.4, -0.2) is 27.4 Å². The van der Waals surface area contributed by atoms with Gasteiger partial charge in [0.1, 0.15) is 11.2 Å². The molecule has 2 rings (SSSR count). The zero-order valence-electron chi connectivity index (χ0n) is 11.3. The van der Waals surface area contributed by atoms with E-state index in [1.165, 1.54) is 19.1 Å². The first-order chi connectivity index (χ1) is 9.75. The second-order valence-electron chi connectivity index (χ2n) is 5.26. The van der Waals surface area contributed by atoms with Crippen LogP contribution in [0.4, 0.5) is 11.4 Å². The molecule has 1 fully saturated rings. The van der Waals surface area contributed by atoms with Crippen LogP contribution in [0.3, 0.4) is 0 Å². The monoisotopic (exact) mass is 293 g/mol. The molecule has 0 aliphatic heterocycles. The lowest BCUT2D eigenvalue weighted by molar-refractivity contribution is -0.384. The number of anilines is 1. The molecule has 1 aromatic carbocycles. The summed E-state index contributed by atoms with van der Waals surface area (Å²) in [6, 6.07) is 3.68. The minimum Gasteiger partial charge on any atom is -0.480 e. The zero-order valence-corrected chi connectivity index (χ0v) is 11.3. The molecule has 1 amide bonds. The summed E-state index contributed by atoms with van der Waals surface area (Å²) in [5, 5.41) is 23.2.